The summed E-state index contributed by atoms with van der Waals surface area (Å²) in [5.41, 5.74) is 0.962. The molecule has 22 heavy (non-hydrogen) atoms. The first kappa shape index (κ1) is 15.3. The number of hydrogen-bond donors (Lipinski definition) is 2. The van der Waals surface area contributed by atoms with E-state index >= 15 is 0 Å². The van der Waals surface area contributed by atoms with Crippen molar-refractivity contribution in [3.05, 3.63) is 16.1 Å². The van der Waals surface area contributed by atoms with E-state index in [1.165, 1.54) is 0 Å². The number of nitrogens with one attached hydrogen (secondary N) is 2. The van der Waals surface area contributed by atoms with Gasteiger partial charge in [-0.2, -0.15) is 0 Å². The molecule has 120 valence electrons. The second kappa shape index (κ2) is 6.24. The summed E-state index contributed by atoms with van der Waals surface area (Å²) in [5.74, 6) is -0.00658. The van der Waals surface area contributed by atoms with Crippen LogP contribution in [0.2, 0.25) is 0 Å². The molecule has 3 amide bonds. The van der Waals surface area contributed by atoms with Crippen molar-refractivity contribution in [2.24, 2.45) is 0 Å². The van der Waals surface area contributed by atoms with Gasteiger partial charge in [0.15, 0.2) is 0 Å². The number of rotatable bonds is 4. The monoisotopic (exact) mass is 322 g/mol. The molecule has 2 N–H and O–H groups in total. The Morgan fingerprint density at radius 3 is 2.82 bits per heavy atom. The Morgan fingerprint density at radius 2 is 2.18 bits per heavy atom. The van der Waals surface area contributed by atoms with E-state index in [1.807, 2.05) is 19.2 Å². The third kappa shape index (κ3) is 3.40. The van der Waals surface area contributed by atoms with Gasteiger partial charge in [-0.25, -0.2) is 9.78 Å². The van der Waals surface area contributed by atoms with Crippen LogP contribution in [0.5, 0.6) is 0 Å². The second-order valence-corrected chi connectivity index (χ2v) is 7.02. The highest BCUT2D eigenvalue weighted by molar-refractivity contribution is 7.09. The first-order chi connectivity index (χ1) is 10.5. The average Bonchev–Trinajstić information content (AvgIpc) is 3.00. The van der Waals surface area contributed by atoms with Crippen LogP contribution in [0.4, 0.5) is 4.79 Å². The Balaban J connectivity index is 1.59. The Hall–Kier alpha value is -1.63. The first-order valence-electron chi connectivity index (χ1n) is 7.84. The SMILES string of the molecule is Cc1csc([C@H](C)NC(=O)N2CCC[C@H]2C(=O)NC2CC2)n1. The predicted molar refractivity (Wildman–Crippen MR) is 84.7 cm³/mol. The van der Waals surface area contributed by atoms with Gasteiger partial charge in [0.2, 0.25) is 5.91 Å². The molecule has 1 aliphatic carbocycles. The molecule has 1 aromatic rings. The third-order valence-corrected chi connectivity index (χ3v) is 5.23. The Morgan fingerprint density at radius 1 is 1.41 bits per heavy atom. The zero-order chi connectivity index (χ0) is 15.7. The van der Waals surface area contributed by atoms with E-state index in [4.69, 9.17) is 0 Å². The maximum absolute atomic E-state index is 12.5. The summed E-state index contributed by atoms with van der Waals surface area (Å²) in [5, 5.41) is 8.82. The Bertz CT molecular complexity index is 570. The summed E-state index contributed by atoms with van der Waals surface area (Å²) >= 11 is 1.54. The molecule has 0 spiro atoms. The number of amides is 3. The highest BCUT2D eigenvalue weighted by atomic mass is 32.1. The summed E-state index contributed by atoms with van der Waals surface area (Å²) in [7, 11) is 0. The van der Waals surface area contributed by atoms with Gasteiger partial charge in [0.25, 0.3) is 0 Å². The minimum Gasteiger partial charge on any atom is -0.352 e. The smallest absolute Gasteiger partial charge is 0.318 e. The van der Waals surface area contributed by atoms with E-state index in [9.17, 15) is 9.59 Å². The predicted octanol–water partition coefficient (Wildman–Crippen LogP) is 1.97. The standard InChI is InChI=1S/C15H22N4O2S/c1-9-8-22-14(16-9)10(2)17-15(21)19-7-3-4-12(19)13(20)18-11-5-6-11/h8,10-12H,3-7H2,1-2H3,(H,17,21)(H,18,20)/t10-,12-/m0/s1. The van der Waals surface area contributed by atoms with Crippen LogP contribution < -0.4 is 10.6 Å². The van der Waals surface area contributed by atoms with Crippen LogP contribution in [-0.4, -0.2) is 40.5 Å². The van der Waals surface area contributed by atoms with Crippen molar-refractivity contribution in [1.82, 2.24) is 20.5 Å². The van der Waals surface area contributed by atoms with Gasteiger partial charge in [0, 0.05) is 23.7 Å². The number of thiazole rings is 1. The maximum atomic E-state index is 12.5. The van der Waals surface area contributed by atoms with E-state index in [0.717, 1.165) is 36.4 Å². The molecule has 0 bridgehead atoms. The van der Waals surface area contributed by atoms with E-state index < -0.39 is 0 Å². The zero-order valence-electron chi connectivity index (χ0n) is 13.0. The fourth-order valence-electron chi connectivity index (χ4n) is 2.71. The van der Waals surface area contributed by atoms with Gasteiger partial charge >= 0.3 is 6.03 Å². The highest BCUT2D eigenvalue weighted by Crippen LogP contribution is 2.23. The molecule has 1 aromatic heterocycles. The van der Waals surface area contributed by atoms with Crippen molar-refractivity contribution in [2.45, 2.75) is 57.7 Å². The van der Waals surface area contributed by atoms with E-state index in [-0.39, 0.29) is 24.0 Å². The largest absolute Gasteiger partial charge is 0.352 e. The summed E-state index contributed by atoms with van der Waals surface area (Å²) in [4.78, 5) is 30.7. The molecule has 2 heterocycles. The van der Waals surface area contributed by atoms with Gasteiger partial charge in [-0.3, -0.25) is 4.79 Å². The van der Waals surface area contributed by atoms with Gasteiger partial charge in [0.1, 0.15) is 11.0 Å². The molecular formula is C15H22N4O2S. The van der Waals surface area contributed by atoms with Crippen LogP contribution in [0.1, 0.15) is 49.4 Å². The van der Waals surface area contributed by atoms with Crippen LogP contribution in [0.25, 0.3) is 0 Å². The van der Waals surface area contributed by atoms with Crippen LogP contribution in [0.3, 0.4) is 0 Å². The molecule has 2 atom stereocenters. The molecule has 0 radical (unpaired) electrons. The van der Waals surface area contributed by atoms with Gasteiger partial charge < -0.3 is 15.5 Å². The topological polar surface area (TPSA) is 74.3 Å². The minimum atomic E-state index is -0.328. The lowest BCUT2D eigenvalue weighted by atomic mass is 10.2. The highest BCUT2D eigenvalue weighted by Gasteiger charge is 2.36. The lowest BCUT2D eigenvalue weighted by Crippen LogP contribution is -2.50. The van der Waals surface area contributed by atoms with Crippen molar-refractivity contribution < 1.29 is 9.59 Å². The zero-order valence-corrected chi connectivity index (χ0v) is 13.8. The van der Waals surface area contributed by atoms with Crippen molar-refractivity contribution >= 4 is 23.3 Å². The number of carbonyl (C=O) groups excluding carboxylic acids is 2. The van der Waals surface area contributed by atoms with Crippen LogP contribution in [0.15, 0.2) is 5.38 Å². The number of aromatic nitrogens is 1. The van der Waals surface area contributed by atoms with Gasteiger partial charge in [0.05, 0.1) is 6.04 Å². The van der Waals surface area contributed by atoms with Crippen LogP contribution in [-0.2, 0) is 4.79 Å². The van der Waals surface area contributed by atoms with Gasteiger partial charge in [-0.05, 0) is 39.5 Å². The van der Waals surface area contributed by atoms with Gasteiger partial charge in [-0.1, -0.05) is 0 Å². The lowest BCUT2D eigenvalue weighted by Gasteiger charge is -2.25. The van der Waals surface area contributed by atoms with E-state index in [1.54, 1.807) is 16.2 Å². The van der Waals surface area contributed by atoms with Crippen molar-refractivity contribution in [2.75, 3.05) is 6.54 Å². The molecule has 7 heteroatoms. The molecule has 1 saturated heterocycles. The Labute approximate surface area is 134 Å². The van der Waals surface area contributed by atoms with Crippen LogP contribution in [0, 0.1) is 6.92 Å². The van der Waals surface area contributed by atoms with Crippen molar-refractivity contribution in [3.8, 4) is 0 Å². The van der Waals surface area contributed by atoms with Crippen molar-refractivity contribution in [1.29, 1.82) is 0 Å². The summed E-state index contributed by atoms with van der Waals surface area (Å²) < 4.78 is 0. The molecule has 3 rings (SSSR count). The number of likely N-dealkylation sites (tertiary alicyclic amines) is 1. The minimum absolute atomic E-state index is 0.00658. The number of carbonyl (C=O) groups is 2. The number of aryl methyl sites for hydroxylation is 1. The fraction of sp³-hybridized carbons (Fsp3) is 0.667. The average molecular weight is 322 g/mol. The number of urea groups is 1. The second-order valence-electron chi connectivity index (χ2n) is 6.13. The fourth-order valence-corrected chi connectivity index (χ4v) is 3.51. The Kier molecular flexibility index (Phi) is 4.33. The number of nitrogens with zero attached hydrogens (tertiary/aromatic N) is 2. The maximum Gasteiger partial charge on any atom is 0.318 e. The normalized spacial score (nSPS) is 22.5. The van der Waals surface area contributed by atoms with Gasteiger partial charge in [-0.15, -0.1) is 11.3 Å². The molecule has 2 fully saturated rings. The summed E-state index contributed by atoms with van der Waals surface area (Å²) in [6.07, 6.45) is 3.74. The molecule has 0 unspecified atom stereocenters. The lowest BCUT2D eigenvalue weighted by molar-refractivity contribution is -0.124. The molecule has 1 aliphatic heterocycles. The molecular weight excluding hydrogens is 300 g/mol. The third-order valence-electron chi connectivity index (χ3n) is 4.09. The molecule has 1 saturated carbocycles. The molecule has 0 aromatic carbocycles. The summed E-state index contributed by atoms with van der Waals surface area (Å²) in [6, 6.07) is -0.311. The molecule has 6 nitrogen and oxygen atoms in total. The molecule has 2 aliphatic rings. The summed E-state index contributed by atoms with van der Waals surface area (Å²) in [6.45, 7) is 4.50. The quantitative estimate of drug-likeness (QED) is 0.890. The van der Waals surface area contributed by atoms with E-state index in [2.05, 4.69) is 15.6 Å². The number of hydrogen-bond acceptors (Lipinski definition) is 4. The first-order valence-corrected chi connectivity index (χ1v) is 8.72. The van der Waals surface area contributed by atoms with Crippen molar-refractivity contribution in [3.63, 3.8) is 0 Å². The van der Waals surface area contributed by atoms with E-state index in [0.29, 0.717) is 12.6 Å². The van der Waals surface area contributed by atoms with Crippen LogP contribution >= 0.6 is 11.3 Å².